The Hall–Kier alpha value is -3.47. The number of ether oxygens (including phenoxy) is 1. The van der Waals surface area contributed by atoms with Gasteiger partial charge in [0.15, 0.2) is 11.0 Å². The smallest absolute Gasteiger partial charge is 0.286 e. The number of hydrogen-bond acceptors (Lipinski definition) is 7. The molecule has 0 amide bonds. The topological polar surface area (TPSA) is 89.7 Å². The summed E-state index contributed by atoms with van der Waals surface area (Å²) in [6, 6.07) is 26.6. The lowest BCUT2D eigenvalue weighted by molar-refractivity contribution is 0.0693. The molecule has 5 rings (SSSR count). The molecule has 1 aliphatic rings. The minimum atomic E-state index is -4.04. The van der Waals surface area contributed by atoms with E-state index in [0.29, 0.717) is 37.3 Å². The van der Waals surface area contributed by atoms with Gasteiger partial charge in [0.1, 0.15) is 0 Å². The summed E-state index contributed by atoms with van der Waals surface area (Å²) in [4.78, 5) is 11.7. The largest absolute Gasteiger partial charge is 0.378 e. The lowest BCUT2D eigenvalue weighted by atomic mass is 9.83. The van der Waals surface area contributed by atoms with Crippen LogP contribution in [0.15, 0.2) is 94.8 Å². The average molecular weight is 562 g/mol. The standard InChI is InChI=1S/C29H31N5O3S2/c1-29(2,24-16-14-23(15-17-24)22-10-6-4-7-11-22)26-30-27(31-28(38-3)33-18-20-37-21-19-33)34(32-26)39(35,36)25-12-8-5-9-13-25/h4-17H,18-21H2,1-3H3. The van der Waals surface area contributed by atoms with E-state index in [1.165, 1.54) is 11.8 Å². The Morgan fingerprint density at radius 1 is 0.897 bits per heavy atom. The van der Waals surface area contributed by atoms with Gasteiger partial charge >= 0.3 is 0 Å². The second-order valence-corrected chi connectivity index (χ2v) is 12.2. The fourth-order valence-electron chi connectivity index (χ4n) is 4.40. The van der Waals surface area contributed by atoms with Crippen LogP contribution in [-0.4, -0.2) is 65.2 Å². The van der Waals surface area contributed by atoms with Crippen LogP contribution in [0, 0.1) is 0 Å². The van der Waals surface area contributed by atoms with E-state index in [9.17, 15) is 8.42 Å². The Kier molecular flexibility index (Phi) is 7.88. The molecule has 0 saturated carbocycles. The summed E-state index contributed by atoms with van der Waals surface area (Å²) in [5.74, 6) is 0.398. The van der Waals surface area contributed by atoms with Crippen molar-refractivity contribution in [3.8, 4) is 11.1 Å². The Labute approximate surface area is 233 Å². The van der Waals surface area contributed by atoms with Gasteiger partial charge in [0, 0.05) is 13.1 Å². The summed E-state index contributed by atoms with van der Waals surface area (Å²) in [6.07, 6.45) is 1.92. The van der Waals surface area contributed by atoms with Crippen LogP contribution < -0.4 is 0 Å². The van der Waals surface area contributed by atoms with Crippen molar-refractivity contribution in [2.45, 2.75) is 24.2 Å². The molecular weight excluding hydrogens is 530 g/mol. The highest BCUT2D eigenvalue weighted by atomic mass is 32.2. The molecule has 0 bridgehead atoms. The fraction of sp³-hybridized carbons (Fsp3) is 0.276. The first-order valence-electron chi connectivity index (χ1n) is 12.7. The molecule has 1 aromatic heterocycles. The van der Waals surface area contributed by atoms with Crippen molar-refractivity contribution in [2.75, 3.05) is 32.6 Å². The average Bonchev–Trinajstić information content (AvgIpc) is 3.43. The van der Waals surface area contributed by atoms with E-state index >= 15 is 0 Å². The van der Waals surface area contributed by atoms with E-state index in [-0.39, 0.29) is 10.8 Å². The summed E-state index contributed by atoms with van der Waals surface area (Å²) in [6.45, 7) is 6.50. The molecule has 2 heterocycles. The molecule has 0 N–H and O–H groups in total. The van der Waals surface area contributed by atoms with E-state index in [0.717, 1.165) is 20.8 Å². The second-order valence-electron chi connectivity index (χ2n) is 9.66. The molecule has 1 saturated heterocycles. The minimum Gasteiger partial charge on any atom is -0.378 e. The lowest BCUT2D eigenvalue weighted by Gasteiger charge is -2.28. The molecular formula is C29H31N5O3S2. The third kappa shape index (κ3) is 5.63. The van der Waals surface area contributed by atoms with E-state index in [2.05, 4.69) is 34.3 Å². The first-order valence-corrected chi connectivity index (χ1v) is 15.4. The number of morpholine rings is 1. The van der Waals surface area contributed by atoms with Crippen LogP contribution >= 0.6 is 11.8 Å². The molecule has 0 spiro atoms. The van der Waals surface area contributed by atoms with Crippen molar-refractivity contribution < 1.29 is 13.2 Å². The Bertz CT molecular complexity index is 1550. The fourth-order valence-corrected chi connectivity index (χ4v) is 6.20. The second kappa shape index (κ2) is 11.3. The van der Waals surface area contributed by atoms with Crippen molar-refractivity contribution in [3.05, 3.63) is 96.3 Å². The maximum atomic E-state index is 13.7. The van der Waals surface area contributed by atoms with Crippen molar-refractivity contribution in [3.63, 3.8) is 0 Å². The van der Waals surface area contributed by atoms with E-state index in [4.69, 9.17) is 14.7 Å². The highest BCUT2D eigenvalue weighted by Gasteiger charge is 2.33. The number of amidine groups is 1. The van der Waals surface area contributed by atoms with Gasteiger partial charge in [0.05, 0.1) is 23.5 Å². The van der Waals surface area contributed by atoms with E-state index < -0.39 is 15.4 Å². The number of aliphatic imine (C=N–C) groups is 1. The van der Waals surface area contributed by atoms with Gasteiger partial charge < -0.3 is 9.64 Å². The third-order valence-electron chi connectivity index (χ3n) is 6.76. The maximum Gasteiger partial charge on any atom is 0.286 e. The van der Waals surface area contributed by atoms with Crippen LogP contribution in [0.1, 0.15) is 25.2 Å². The van der Waals surface area contributed by atoms with Gasteiger partial charge in [-0.05, 0) is 48.9 Å². The van der Waals surface area contributed by atoms with Crippen molar-refractivity contribution in [1.82, 2.24) is 19.1 Å². The number of thioether (sulfide) groups is 1. The van der Waals surface area contributed by atoms with Crippen molar-refractivity contribution >= 4 is 32.9 Å². The predicted molar refractivity (Wildman–Crippen MR) is 156 cm³/mol. The normalized spacial score (nSPS) is 14.9. The number of benzene rings is 3. The van der Waals surface area contributed by atoms with Crippen LogP contribution in [0.2, 0.25) is 0 Å². The molecule has 3 aromatic carbocycles. The van der Waals surface area contributed by atoms with Crippen molar-refractivity contribution in [1.29, 1.82) is 0 Å². The molecule has 1 fully saturated rings. The zero-order chi connectivity index (χ0) is 27.5. The summed E-state index contributed by atoms with van der Waals surface area (Å²) in [5, 5.41) is 5.25. The van der Waals surface area contributed by atoms with Gasteiger partial charge in [-0.15, -0.1) is 9.19 Å². The molecule has 10 heteroatoms. The third-order valence-corrected chi connectivity index (χ3v) is 9.05. The van der Waals surface area contributed by atoms with Crippen LogP contribution in [0.4, 0.5) is 5.95 Å². The Balaban J connectivity index is 1.58. The molecule has 0 unspecified atom stereocenters. The van der Waals surface area contributed by atoms with Gasteiger partial charge in [0.2, 0.25) is 0 Å². The highest BCUT2D eigenvalue weighted by molar-refractivity contribution is 8.13. The van der Waals surface area contributed by atoms with Gasteiger partial charge in [-0.1, -0.05) is 84.6 Å². The monoisotopic (exact) mass is 561 g/mol. The molecule has 0 radical (unpaired) electrons. The van der Waals surface area contributed by atoms with Crippen molar-refractivity contribution in [2.24, 2.45) is 4.99 Å². The summed E-state index contributed by atoms with van der Waals surface area (Å²) in [7, 11) is -4.04. The molecule has 0 aliphatic carbocycles. The Morgan fingerprint density at radius 3 is 2.10 bits per heavy atom. The minimum absolute atomic E-state index is 0.0266. The van der Waals surface area contributed by atoms with Crippen LogP contribution in [0.25, 0.3) is 11.1 Å². The predicted octanol–water partition coefficient (Wildman–Crippen LogP) is 5.19. The quantitative estimate of drug-likeness (QED) is 0.236. The lowest BCUT2D eigenvalue weighted by Crippen LogP contribution is -2.39. The Morgan fingerprint density at radius 2 is 1.49 bits per heavy atom. The van der Waals surface area contributed by atoms with Gasteiger partial charge in [-0.3, -0.25) is 0 Å². The number of nitrogens with zero attached hydrogens (tertiary/aromatic N) is 5. The summed E-state index contributed by atoms with van der Waals surface area (Å²) < 4.78 is 33.9. The first-order chi connectivity index (χ1) is 18.8. The van der Waals surface area contributed by atoms with E-state index in [1.54, 1.807) is 30.3 Å². The highest BCUT2D eigenvalue weighted by Crippen LogP contribution is 2.33. The maximum absolute atomic E-state index is 13.7. The van der Waals surface area contributed by atoms with Gasteiger partial charge in [0.25, 0.3) is 16.0 Å². The number of hydrogen-bond donors (Lipinski definition) is 0. The molecule has 1 aliphatic heterocycles. The SMILES string of the molecule is CSC(=Nc1nc(C(C)(C)c2ccc(-c3ccccc3)cc2)nn1S(=O)(=O)c1ccccc1)N1CCOCC1. The molecule has 8 nitrogen and oxygen atoms in total. The van der Waals surface area contributed by atoms with Crippen LogP contribution in [0.3, 0.4) is 0 Å². The van der Waals surface area contributed by atoms with Crippen LogP contribution in [-0.2, 0) is 20.2 Å². The molecule has 202 valence electrons. The zero-order valence-corrected chi connectivity index (χ0v) is 23.8. The van der Waals surface area contributed by atoms with Crippen LogP contribution in [0.5, 0.6) is 0 Å². The number of rotatable bonds is 6. The molecule has 39 heavy (non-hydrogen) atoms. The molecule has 4 aromatic rings. The number of aromatic nitrogens is 3. The zero-order valence-electron chi connectivity index (χ0n) is 22.2. The van der Waals surface area contributed by atoms with E-state index in [1.807, 2.05) is 50.4 Å². The molecule has 0 atom stereocenters. The summed E-state index contributed by atoms with van der Waals surface area (Å²) in [5.41, 5.74) is 2.50. The van der Waals surface area contributed by atoms with Gasteiger partial charge in [-0.25, -0.2) is 0 Å². The summed E-state index contributed by atoms with van der Waals surface area (Å²) >= 11 is 1.44. The van der Waals surface area contributed by atoms with Gasteiger partial charge in [-0.2, -0.15) is 18.4 Å². The first kappa shape index (κ1) is 27.1.